The predicted molar refractivity (Wildman–Crippen MR) is 310 cm³/mol. The van der Waals surface area contributed by atoms with E-state index < -0.39 is 79.4 Å². The number of hydrogen-bond donors (Lipinski definition) is 17. The number of carbonyl (C=O) groups is 1. The zero-order chi connectivity index (χ0) is 67.3. The van der Waals surface area contributed by atoms with Gasteiger partial charge >= 0.3 is 94.6 Å². The molecule has 8 aromatic rings. The van der Waals surface area contributed by atoms with Crippen molar-refractivity contribution in [2.45, 2.75) is 47.8 Å². The van der Waals surface area contributed by atoms with Gasteiger partial charge < -0.3 is 101 Å². The van der Waals surface area contributed by atoms with Crippen molar-refractivity contribution < 1.29 is 214 Å². The van der Waals surface area contributed by atoms with Crippen LogP contribution in [0.3, 0.4) is 0 Å². The number of aromatic carboxylic acids is 1. The molecule has 0 amide bonds. The third-order valence-electron chi connectivity index (χ3n) is 9.87. The quantitative estimate of drug-likeness (QED) is 0.0352. The Labute approximate surface area is 595 Å². The maximum atomic E-state index is 10.7. The molecule has 0 radical (unpaired) electrons. The first-order valence-corrected chi connectivity index (χ1v) is 28.4. The van der Waals surface area contributed by atoms with Gasteiger partial charge in [-0.05, 0) is 103 Å². The van der Waals surface area contributed by atoms with Crippen molar-refractivity contribution >= 4 is 76.8 Å². The number of rotatable bonds is 4. The van der Waals surface area contributed by atoms with Gasteiger partial charge in [0.2, 0.25) is 0 Å². The van der Waals surface area contributed by atoms with Gasteiger partial charge in [0.15, 0.2) is 23.0 Å². The molecule has 0 spiro atoms. The summed E-state index contributed by atoms with van der Waals surface area (Å²) >= 11 is 16.2. The Bertz CT molecular complexity index is 3910. The van der Waals surface area contributed by atoms with Gasteiger partial charge in [0.05, 0.1) is 35.4 Å². The fraction of sp³-hybridized carbons (Fsp3) is 0.0926. The van der Waals surface area contributed by atoms with Crippen LogP contribution in [-0.4, -0.2) is 127 Å². The molecule has 0 unspecified atom stereocenters. The molecule has 0 aliphatic heterocycles. The number of anilines is 1. The fourth-order valence-corrected chi connectivity index (χ4v) is 7.74. The van der Waals surface area contributed by atoms with E-state index in [1.807, 2.05) is 0 Å². The summed E-state index contributed by atoms with van der Waals surface area (Å²) in [5.74, 6) is -4.04. The van der Waals surface area contributed by atoms with Crippen LogP contribution in [0.15, 0.2) is 154 Å². The second-order valence-corrected chi connectivity index (χ2v) is 23.0. The first-order valence-electron chi connectivity index (χ1n) is 23.1. The minimum atomic E-state index is -4.78. The first kappa shape index (κ1) is 87.8. The molecule has 8 aromatic carbocycles. The summed E-state index contributed by atoms with van der Waals surface area (Å²) in [5.41, 5.74) is 5.30. The first-order chi connectivity index (χ1) is 39.8. The zero-order valence-corrected chi connectivity index (χ0v) is 58.7. The van der Waals surface area contributed by atoms with Gasteiger partial charge in [-0.2, -0.15) is 0 Å². The summed E-state index contributed by atoms with van der Waals surface area (Å²) in [5, 5.41) is 142. The number of aromatic hydroxyl groups is 15. The van der Waals surface area contributed by atoms with Crippen LogP contribution in [0.2, 0.25) is 15.1 Å². The van der Waals surface area contributed by atoms with Gasteiger partial charge in [-0.3, -0.25) is 0 Å². The van der Waals surface area contributed by atoms with E-state index in [4.69, 9.17) is 112 Å². The molecular formula is C54H53Cl3NNa3O26S3. The Morgan fingerprint density at radius 2 is 0.800 bits per heavy atom. The standard InChI is InChI=1S/C10H14O5S.C7H6O4.C7H8O2.C6H4Cl2O2.C6H5ClO2.C6H7NO4S.C6H6O5S.C6H6O2.3Na/c1-10(2,3)6-4-8(12)9(5-7(6)11)16(13,14)15;8-4-1-2-5(7(10)11)6(9)3-4;1-5-4-6(8)2-3-7(5)9;7-3-1-5(9)4(8)2-6(3)10;7-5-3-4(8)1-2-6(5)9;7-5-3-4(8)1-2-6(5)12(9,10)11;7-5-2-1-4(3-6(5)8)12(9,10)11;7-5-3-1-2-4-6(5)8;;;/h4-5,11-12H,1-3H3,(H,13,14,15);1-3,8-9H,(H,10,11);2-4,8-9H,1H3;1-2,9-10H;1-3,8-9H;1-3,8H,7H2,(H,9,10,11);1-3,7-8H,(H,9,10,11);1-4,7-8H;;;/q;;;;;;;;3*+1/p-3. The molecule has 0 aliphatic carbocycles. The number of phenols is 15. The second-order valence-electron chi connectivity index (χ2n) is 17.7. The van der Waals surface area contributed by atoms with Crippen molar-refractivity contribution in [1.82, 2.24) is 0 Å². The van der Waals surface area contributed by atoms with Gasteiger partial charge in [0, 0.05) is 48.0 Å². The van der Waals surface area contributed by atoms with Crippen LogP contribution in [-0.2, 0) is 35.8 Å². The van der Waals surface area contributed by atoms with Crippen molar-refractivity contribution in [2.75, 3.05) is 5.73 Å². The largest absolute Gasteiger partial charge is 1.00 e. The summed E-state index contributed by atoms with van der Waals surface area (Å²) in [6, 6.07) is 27.7. The minimum Gasteiger partial charge on any atom is -0.744 e. The third kappa shape index (κ3) is 31.6. The molecule has 36 heteroatoms. The van der Waals surface area contributed by atoms with Crippen molar-refractivity contribution in [3.8, 4) is 86.2 Å². The van der Waals surface area contributed by atoms with E-state index >= 15 is 0 Å². The van der Waals surface area contributed by atoms with Crippen LogP contribution in [0.4, 0.5) is 5.69 Å². The van der Waals surface area contributed by atoms with Crippen LogP contribution in [0.25, 0.3) is 0 Å². The molecule has 8 rings (SSSR count). The number of benzene rings is 8. The molecule has 472 valence electrons. The van der Waals surface area contributed by atoms with E-state index in [0.717, 1.165) is 54.6 Å². The summed E-state index contributed by atoms with van der Waals surface area (Å²) in [4.78, 5) is 8.40. The molecular weight excluding hydrogens is 1350 g/mol. The third-order valence-corrected chi connectivity index (χ3v) is 13.4. The minimum absolute atomic E-state index is 0. The monoisotopic (exact) mass is 1400 g/mol. The summed E-state index contributed by atoms with van der Waals surface area (Å²) in [6.45, 7) is 7.08. The molecule has 0 bridgehead atoms. The number of nitrogen functional groups attached to an aromatic ring is 1. The van der Waals surface area contributed by atoms with Crippen molar-refractivity contribution in [1.29, 1.82) is 0 Å². The average Bonchev–Trinajstić information content (AvgIpc) is 2.03. The number of para-hydroxylation sites is 2. The Kier molecular flexibility index (Phi) is 38.2. The smallest absolute Gasteiger partial charge is 0.744 e. The van der Waals surface area contributed by atoms with Crippen LogP contribution in [0.5, 0.6) is 86.2 Å². The number of aryl methyl sites for hydroxylation is 1. The van der Waals surface area contributed by atoms with Crippen molar-refractivity contribution in [3.05, 3.63) is 171 Å². The van der Waals surface area contributed by atoms with E-state index in [-0.39, 0.29) is 178 Å². The van der Waals surface area contributed by atoms with Gasteiger partial charge in [0.25, 0.3) is 0 Å². The number of hydrogen-bond acceptors (Lipinski definition) is 26. The second kappa shape index (κ2) is 39.1. The van der Waals surface area contributed by atoms with Crippen LogP contribution in [0, 0.1) is 6.92 Å². The van der Waals surface area contributed by atoms with Crippen molar-refractivity contribution in [3.63, 3.8) is 0 Å². The maximum Gasteiger partial charge on any atom is 1.00 e. The SMILES string of the molecule is CC(C)(C)c1cc(O)c(S(=O)(=O)[O-])cc1O.Cc1cc(O)ccc1O.Nc1cc(O)ccc1S(=O)(=O)[O-].O=C(O)c1ccc(O)cc1O.O=S(=O)([O-])c1ccc(O)c(O)c1.Oc1cc(Cl)c(O)cc1Cl.Oc1ccc(O)c(Cl)c1.Oc1ccccc1O.[Na+].[Na+].[Na+]. The maximum absolute atomic E-state index is 10.7. The number of carboxylic acids is 1. The van der Waals surface area contributed by atoms with E-state index in [1.165, 1.54) is 66.7 Å². The Balaban J connectivity index is -0.000000964. The number of phenolic OH excluding ortho intramolecular Hbond substituents is 14. The predicted octanol–water partition coefficient (Wildman–Crippen LogP) is -0.352. The van der Waals surface area contributed by atoms with E-state index in [2.05, 4.69) is 0 Å². The molecule has 0 aromatic heterocycles. The molecule has 0 heterocycles. The van der Waals surface area contributed by atoms with E-state index in [1.54, 1.807) is 39.8 Å². The Morgan fingerprint density at radius 1 is 0.400 bits per heavy atom. The van der Waals surface area contributed by atoms with Crippen LogP contribution >= 0.6 is 34.8 Å². The van der Waals surface area contributed by atoms with E-state index in [0.29, 0.717) is 17.2 Å². The zero-order valence-electron chi connectivity index (χ0n) is 48.0. The molecule has 0 saturated heterocycles. The average molecular weight is 1400 g/mol. The molecule has 18 N–H and O–H groups in total. The molecule has 0 atom stereocenters. The molecule has 0 saturated carbocycles. The topological polar surface area (TPSA) is 538 Å². The summed E-state index contributed by atoms with van der Waals surface area (Å²) in [7, 11) is -13.9. The van der Waals surface area contributed by atoms with Crippen molar-refractivity contribution in [2.24, 2.45) is 0 Å². The fourth-order valence-electron chi connectivity index (χ4n) is 5.61. The normalized spacial score (nSPS) is 10.2. The van der Waals surface area contributed by atoms with Gasteiger partial charge in [-0.15, -0.1) is 0 Å². The summed E-state index contributed by atoms with van der Waals surface area (Å²) in [6.07, 6.45) is 0. The molecule has 90 heavy (non-hydrogen) atoms. The van der Waals surface area contributed by atoms with Crippen LogP contribution < -0.4 is 94.4 Å². The van der Waals surface area contributed by atoms with Crippen LogP contribution in [0.1, 0.15) is 42.3 Å². The van der Waals surface area contributed by atoms with Gasteiger partial charge in [-0.1, -0.05) is 67.7 Å². The Hall–Kier alpha value is -6.37. The van der Waals surface area contributed by atoms with E-state index in [9.17, 15) is 53.9 Å². The van der Waals surface area contributed by atoms with Gasteiger partial charge in [-0.25, -0.2) is 30.0 Å². The molecule has 0 fully saturated rings. The number of carboxylic acid groups (broad SMARTS) is 1. The number of nitrogens with two attached hydrogens (primary N) is 1. The number of halogens is 3. The molecule has 0 aliphatic rings. The summed E-state index contributed by atoms with van der Waals surface area (Å²) < 4.78 is 94.6. The van der Waals surface area contributed by atoms with Gasteiger partial charge in [0.1, 0.15) is 99.2 Å². The molecule has 27 nitrogen and oxygen atoms in total. The Morgan fingerprint density at radius 3 is 1.17 bits per heavy atom.